The van der Waals surface area contributed by atoms with Crippen molar-refractivity contribution in [3.63, 3.8) is 0 Å². The largest absolute Gasteiger partial charge is 0.508 e. The van der Waals surface area contributed by atoms with E-state index in [1.165, 1.54) is 5.56 Å². The zero-order chi connectivity index (χ0) is 15.2. The van der Waals surface area contributed by atoms with E-state index in [-0.39, 0.29) is 5.75 Å². The van der Waals surface area contributed by atoms with Crippen molar-refractivity contribution in [3.05, 3.63) is 84.4 Å². The van der Waals surface area contributed by atoms with Crippen LogP contribution in [0.15, 0.2) is 78.9 Å². The summed E-state index contributed by atoms with van der Waals surface area (Å²) in [6.45, 7) is 0.791. The number of ether oxygens (including phenoxy) is 1. The molecule has 0 spiro atoms. The maximum Gasteiger partial charge on any atom is 0.127 e. The minimum absolute atomic E-state index is 0.229. The van der Waals surface area contributed by atoms with E-state index in [0.29, 0.717) is 5.75 Å². The lowest BCUT2D eigenvalue weighted by Crippen LogP contribution is -1.98. The SMILES string of the molecule is Oc1ccc(Oc2ccc(NCc3ccccc3)cc2)cc1. The van der Waals surface area contributed by atoms with E-state index in [9.17, 15) is 5.11 Å². The summed E-state index contributed by atoms with van der Waals surface area (Å²) in [5, 5.41) is 12.6. The summed E-state index contributed by atoms with van der Waals surface area (Å²) in [5.41, 5.74) is 2.29. The van der Waals surface area contributed by atoms with Crippen molar-refractivity contribution in [2.75, 3.05) is 5.32 Å². The Balaban J connectivity index is 1.59. The molecular weight excluding hydrogens is 274 g/mol. The summed E-state index contributed by atoms with van der Waals surface area (Å²) in [4.78, 5) is 0. The van der Waals surface area contributed by atoms with Gasteiger partial charge >= 0.3 is 0 Å². The molecular formula is C19H17NO2. The van der Waals surface area contributed by atoms with Crippen LogP contribution in [-0.2, 0) is 6.54 Å². The highest BCUT2D eigenvalue weighted by Crippen LogP contribution is 2.24. The minimum atomic E-state index is 0.229. The lowest BCUT2D eigenvalue weighted by Gasteiger charge is -2.09. The Bertz CT molecular complexity index is 707. The molecule has 22 heavy (non-hydrogen) atoms. The summed E-state index contributed by atoms with van der Waals surface area (Å²) in [6.07, 6.45) is 0. The Morgan fingerprint density at radius 3 is 1.95 bits per heavy atom. The number of nitrogens with one attached hydrogen (secondary N) is 1. The van der Waals surface area contributed by atoms with Crippen molar-refractivity contribution in [2.45, 2.75) is 6.54 Å². The second-order valence-electron chi connectivity index (χ2n) is 4.96. The zero-order valence-corrected chi connectivity index (χ0v) is 12.1. The molecule has 0 bridgehead atoms. The van der Waals surface area contributed by atoms with E-state index < -0.39 is 0 Å². The number of rotatable bonds is 5. The van der Waals surface area contributed by atoms with Gasteiger partial charge in [0, 0.05) is 12.2 Å². The van der Waals surface area contributed by atoms with E-state index in [1.807, 2.05) is 42.5 Å². The van der Waals surface area contributed by atoms with E-state index >= 15 is 0 Å². The number of anilines is 1. The number of hydrogen-bond donors (Lipinski definition) is 2. The van der Waals surface area contributed by atoms with E-state index in [1.54, 1.807) is 24.3 Å². The van der Waals surface area contributed by atoms with Gasteiger partial charge in [0.05, 0.1) is 0 Å². The molecule has 0 amide bonds. The topological polar surface area (TPSA) is 41.5 Å². The molecule has 0 fully saturated rings. The van der Waals surface area contributed by atoms with Gasteiger partial charge in [-0.05, 0) is 54.1 Å². The molecule has 0 heterocycles. The smallest absolute Gasteiger partial charge is 0.127 e. The van der Waals surface area contributed by atoms with Gasteiger partial charge < -0.3 is 15.2 Å². The van der Waals surface area contributed by atoms with Gasteiger partial charge in [-0.3, -0.25) is 0 Å². The lowest BCUT2D eigenvalue weighted by atomic mass is 10.2. The monoisotopic (exact) mass is 291 g/mol. The molecule has 0 aliphatic heterocycles. The molecule has 0 saturated carbocycles. The molecule has 110 valence electrons. The van der Waals surface area contributed by atoms with E-state index in [0.717, 1.165) is 18.0 Å². The van der Waals surface area contributed by atoms with Crippen LogP contribution in [0.2, 0.25) is 0 Å². The third-order valence-electron chi connectivity index (χ3n) is 3.27. The van der Waals surface area contributed by atoms with Crippen molar-refractivity contribution in [2.24, 2.45) is 0 Å². The Labute approximate surface area is 129 Å². The van der Waals surface area contributed by atoms with Crippen LogP contribution in [0, 0.1) is 0 Å². The van der Waals surface area contributed by atoms with Crippen LogP contribution >= 0.6 is 0 Å². The van der Waals surface area contributed by atoms with Crippen LogP contribution in [0.25, 0.3) is 0 Å². The normalized spacial score (nSPS) is 10.2. The van der Waals surface area contributed by atoms with Gasteiger partial charge in [-0.2, -0.15) is 0 Å². The molecule has 3 rings (SSSR count). The number of phenols is 1. The fraction of sp³-hybridized carbons (Fsp3) is 0.0526. The van der Waals surface area contributed by atoms with Crippen LogP contribution < -0.4 is 10.1 Å². The average Bonchev–Trinajstić information content (AvgIpc) is 2.57. The summed E-state index contributed by atoms with van der Waals surface area (Å²) < 4.78 is 5.71. The molecule has 0 saturated heterocycles. The van der Waals surface area contributed by atoms with Crippen molar-refractivity contribution in [1.82, 2.24) is 0 Å². The molecule has 0 aliphatic rings. The summed E-state index contributed by atoms with van der Waals surface area (Å²) in [5.74, 6) is 1.69. The van der Waals surface area contributed by atoms with Gasteiger partial charge in [-0.15, -0.1) is 0 Å². The number of aromatic hydroxyl groups is 1. The maximum absolute atomic E-state index is 9.25. The standard InChI is InChI=1S/C19H17NO2/c21-17-8-12-19(13-9-17)22-18-10-6-16(7-11-18)20-14-15-4-2-1-3-5-15/h1-13,20-21H,14H2. The van der Waals surface area contributed by atoms with E-state index in [4.69, 9.17) is 4.74 Å². The summed E-state index contributed by atoms with van der Waals surface area (Å²) in [6, 6.07) is 24.7. The molecule has 0 atom stereocenters. The van der Waals surface area contributed by atoms with Crippen LogP contribution in [0.3, 0.4) is 0 Å². The van der Waals surface area contributed by atoms with Crippen molar-refractivity contribution >= 4 is 5.69 Å². The molecule has 3 nitrogen and oxygen atoms in total. The predicted molar refractivity (Wildman–Crippen MR) is 88.4 cm³/mol. The fourth-order valence-corrected chi connectivity index (χ4v) is 2.09. The maximum atomic E-state index is 9.25. The molecule has 3 aromatic carbocycles. The first kappa shape index (κ1) is 14.0. The fourth-order valence-electron chi connectivity index (χ4n) is 2.09. The summed E-state index contributed by atoms with van der Waals surface area (Å²) >= 11 is 0. The van der Waals surface area contributed by atoms with Gasteiger partial charge in [-0.25, -0.2) is 0 Å². The third-order valence-corrected chi connectivity index (χ3v) is 3.27. The molecule has 3 aromatic rings. The average molecular weight is 291 g/mol. The van der Waals surface area contributed by atoms with Gasteiger partial charge in [0.1, 0.15) is 17.2 Å². The second-order valence-corrected chi connectivity index (χ2v) is 4.96. The number of phenolic OH excluding ortho intramolecular Hbond substituents is 1. The lowest BCUT2D eigenvalue weighted by molar-refractivity contribution is 0.464. The van der Waals surface area contributed by atoms with Crippen LogP contribution in [0.4, 0.5) is 5.69 Å². The third kappa shape index (κ3) is 3.79. The van der Waals surface area contributed by atoms with Crippen molar-refractivity contribution in [3.8, 4) is 17.2 Å². The molecule has 2 N–H and O–H groups in total. The highest BCUT2D eigenvalue weighted by Gasteiger charge is 1.99. The number of hydrogen-bond acceptors (Lipinski definition) is 3. The molecule has 0 unspecified atom stereocenters. The predicted octanol–water partition coefficient (Wildman–Crippen LogP) is 4.80. The van der Waals surface area contributed by atoms with Gasteiger partial charge in [0.15, 0.2) is 0 Å². The van der Waals surface area contributed by atoms with Crippen molar-refractivity contribution in [1.29, 1.82) is 0 Å². The quantitative estimate of drug-likeness (QED) is 0.709. The Kier molecular flexibility index (Phi) is 4.25. The first-order valence-electron chi connectivity index (χ1n) is 7.14. The minimum Gasteiger partial charge on any atom is -0.508 e. The number of benzene rings is 3. The molecule has 0 aliphatic carbocycles. The molecule has 3 heteroatoms. The first-order valence-corrected chi connectivity index (χ1v) is 7.14. The first-order chi connectivity index (χ1) is 10.8. The van der Waals surface area contributed by atoms with Crippen LogP contribution in [0.1, 0.15) is 5.56 Å². The Hall–Kier alpha value is -2.94. The molecule has 0 radical (unpaired) electrons. The van der Waals surface area contributed by atoms with Crippen molar-refractivity contribution < 1.29 is 9.84 Å². The molecule has 0 aromatic heterocycles. The van der Waals surface area contributed by atoms with E-state index in [2.05, 4.69) is 17.4 Å². The summed E-state index contributed by atoms with van der Waals surface area (Å²) in [7, 11) is 0. The Morgan fingerprint density at radius 1 is 0.727 bits per heavy atom. The van der Waals surface area contributed by atoms with Crippen LogP contribution in [-0.4, -0.2) is 5.11 Å². The highest BCUT2D eigenvalue weighted by atomic mass is 16.5. The van der Waals surface area contributed by atoms with Gasteiger partial charge in [-0.1, -0.05) is 30.3 Å². The van der Waals surface area contributed by atoms with Gasteiger partial charge in [0.25, 0.3) is 0 Å². The van der Waals surface area contributed by atoms with Crippen LogP contribution in [0.5, 0.6) is 17.2 Å². The second kappa shape index (κ2) is 6.68. The highest BCUT2D eigenvalue weighted by molar-refractivity contribution is 5.47. The zero-order valence-electron chi connectivity index (χ0n) is 12.1. The van der Waals surface area contributed by atoms with Gasteiger partial charge in [0.2, 0.25) is 0 Å². The Morgan fingerprint density at radius 2 is 1.32 bits per heavy atom.